The third-order valence-electron chi connectivity index (χ3n) is 3.87. The highest BCUT2D eigenvalue weighted by Gasteiger charge is 2.37. The van der Waals surface area contributed by atoms with Crippen molar-refractivity contribution in [3.8, 4) is 0 Å². The van der Waals surface area contributed by atoms with Crippen molar-refractivity contribution in [3.63, 3.8) is 0 Å². The molecule has 0 aliphatic heterocycles. The average molecular weight is 287 g/mol. The van der Waals surface area contributed by atoms with Gasteiger partial charge in [-0.3, -0.25) is 0 Å². The third-order valence-corrected chi connectivity index (χ3v) is 4.65. The van der Waals surface area contributed by atoms with E-state index in [0.717, 1.165) is 37.9 Å². The minimum absolute atomic E-state index is 0.125. The van der Waals surface area contributed by atoms with Crippen LogP contribution in [0.5, 0.6) is 0 Å². The Labute approximate surface area is 113 Å². The Balaban J connectivity index is 2.10. The van der Waals surface area contributed by atoms with E-state index in [-0.39, 0.29) is 11.6 Å². The zero-order valence-electron chi connectivity index (χ0n) is 11.4. The fourth-order valence-electron chi connectivity index (χ4n) is 2.56. The summed E-state index contributed by atoms with van der Waals surface area (Å²) in [4.78, 5) is 4.16. The van der Waals surface area contributed by atoms with Gasteiger partial charge >= 0.3 is 0 Å². The smallest absolute Gasteiger partial charge is 0.241 e. The maximum absolute atomic E-state index is 11.2. The molecule has 6 nitrogen and oxygen atoms in total. The summed E-state index contributed by atoms with van der Waals surface area (Å²) >= 11 is 0. The highest BCUT2D eigenvalue weighted by molar-refractivity contribution is 7.89. The maximum atomic E-state index is 11.2. The van der Waals surface area contributed by atoms with Crippen molar-refractivity contribution in [2.75, 3.05) is 6.26 Å². The van der Waals surface area contributed by atoms with Crippen LogP contribution in [0.1, 0.15) is 50.7 Å². The molecular weight excluding hydrogens is 266 g/mol. The number of hydrogen-bond acceptors (Lipinski definition) is 6. The highest BCUT2D eigenvalue weighted by atomic mass is 32.2. The normalized spacial score (nSPS) is 28.5. The van der Waals surface area contributed by atoms with Gasteiger partial charge in [-0.05, 0) is 31.6 Å². The zero-order valence-corrected chi connectivity index (χ0v) is 12.2. The van der Waals surface area contributed by atoms with Gasteiger partial charge in [-0.1, -0.05) is 18.5 Å². The summed E-state index contributed by atoms with van der Waals surface area (Å²) in [5.41, 5.74) is 5.78. The number of hydrogen-bond donors (Lipinski definition) is 1. The van der Waals surface area contributed by atoms with Crippen LogP contribution in [-0.4, -0.2) is 24.8 Å². The van der Waals surface area contributed by atoms with E-state index in [0.29, 0.717) is 5.82 Å². The van der Waals surface area contributed by atoms with Gasteiger partial charge in [0.05, 0.1) is 5.54 Å². The van der Waals surface area contributed by atoms with Crippen LogP contribution in [0.3, 0.4) is 0 Å². The summed E-state index contributed by atoms with van der Waals surface area (Å²) in [6, 6.07) is 0. The van der Waals surface area contributed by atoms with E-state index < -0.39 is 15.4 Å². The van der Waals surface area contributed by atoms with Crippen molar-refractivity contribution in [1.82, 2.24) is 10.1 Å². The minimum atomic E-state index is -3.16. The molecule has 0 radical (unpaired) electrons. The highest BCUT2D eigenvalue weighted by Crippen LogP contribution is 2.37. The number of nitrogens with zero attached hydrogens (tertiary/aromatic N) is 2. The molecule has 0 amide bonds. The van der Waals surface area contributed by atoms with E-state index in [4.69, 9.17) is 10.3 Å². The molecule has 0 saturated heterocycles. The summed E-state index contributed by atoms with van der Waals surface area (Å²) in [7, 11) is -3.16. The van der Waals surface area contributed by atoms with Gasteiger partial charge in [-0.2, -0.15) is 4.98 Å². The number of nitrogens with two attached hydrogens (primary N) is 1. The predicted octanol–water partition coefficient (Wildman–Crippen LogP) is 1.37. The average Bonchev–Trinajstić information content (AvgIpc) is 2.77. The first-order chi connectivity index (χ1) is 8.82. The van der Waals surface area contributed by atoms with Crippen LogP contribution in [0.4, 0.5) is 0 Å². The summed E-state index contributed by atoms with van der Waals surface area (Å²) in [6.45, 7) is 2.19. The lowest BCUT2D eigenvalue weighted by Gasteiger charge is -2.34. The molecule has 1 heterocycles. The van der Waals surface area contributed by atoms with Crippen LogP contribution in [0.2, 0.25) is 0 Å². The van der Waals surface area contributed by atoms with Gasteiger partial charge in [0.1, 0.15) is 5.75 Å². The second-order valence-electron chi connectivity index (χ2n) is 5.59. The second kappa shape index (κ2) is 5.20. The largest absolute Gasteiger partial charge is 0.338 e. The Morgan fingerprint density at radius 2 is 2.05 bits per heavy atom. The lowest BCUT2D eigenvalue weighted by atomic mass is 9.76. The molecule has 7 heteroatoms. The Hall–Kier alpha value is -0.950. The SMILES string of the molecule is CCC1CCC(N)(c2noc(CS(C)(=O)=O)n2)CC1. The molecule has 1 aliphatic rings. The molecule has 1 aliphatic carbocycles. The van der Waals surface area contributed by atoms with Gasteiger partial charge < -0.3 is 10.3 Å². The Morgan fingerprint density at radius 1 is 1.42 bits per heavy atom. The molecule has 2 N–H and O–H groups in total. The van der Waals surface area contributed by atoms with E-state index >= 15 is 0 Å². The van der Waals surface area contributed by atoms with Crippen LogP contribution in [0, 0.1) is 5.92 Å². The van der Waals surface area contributed by atoms with E-state index in [9.17, 15) is 8.42 Å². The van der Waals surface area contributed by atoms with Crippen molar-refractivity contribution in [2.45, 2.75) is 50.3 Å². The van der Waals surface area contributed by atoms with E-state index in [2.05, 4.69) is 17.1 Å². The molecular formula is C12H21N3O3S. The number of aromatic nitrogens is 2. The molecule has 1 aromatic rings. The van der Waals surface area contributed by atoms with Crippen molar-refractivity contribution < 1.29 is 12.9 Å². The number of sulfone groups is 1. The molecule has 108 valence electrons. The van der Waals surface area contributed by atoms with E-state index in [1.807, 2.05) is 0 Å². The van der Waals surface area contributed by atoms with Crippen LogP contribution in [0.15, 0.2) is 4.52 Å². The van der Waals surface area contributed by atoms with Gasteiger partial charge in [0, 0.05) is 6.26 Å². The fraction of sp³-hybridized carbons (Fsp3) is 0.833. The van der Waals surface area contributed by atoms with Crippen LogP contribution >= 0.6 is 0 Å². The summed E-state index contributed by atoms with van der Waals surface area (Å²) in [5.74, 6) is 1.06. The van der Waals surface area contributed by atoms with Crippen molar-refractivity contribution in [3.05, 3.63) is 11.7 Å². The maximum Gasteiger partial charge on any atom is 0.241 e. The molecule has 1 fully saturated rings. The molecule has 1 aromatic heterocycles. The predicted molar refractivity (Wildman–Crippen MR) is 71.0 cm³/mol. The van der Waals surface area contributed by atoms with Gasteiger partial charge in [0.25, 0.3) is 0 Å². The van der Waals surface area contributed by atoms with E-state index in [1.165, 1.54) is 6.42 Å². The molecule has 0 bridgehead atoms. The molecule has 0 atom stereocenters. The Kier molecular flexibility index (Phi) is 3.96. The monoisotopic (exact) mass is 287 g/mol. The third kappa shape index (κ3) is 3.54. The lowest BCUT2D eigenvalue weighted by Crippen LogP contribution is -2.41. The minimum Gasteiger partial charge on any atom is -0.338 e. The molecule has 1 saturated carbocycles. The molecule has 19 heavy (non-hydrogen) atoms. The zero-order chi connectivity index (χ0) is 14.1. The topological polar surface area (TPSA) is 99.1 Å². The summed E-state index contributed by atoms with van der Waals surface area (Å²) in [5, 5.41) is 3.87. The van der Waals surface area contributed by atoms with Crippen LogP contribution < -0.4 is 5.73 Å². The molecule has 0 aromatic carbocycles. The van der Waals surface area contributed by atoms with Gasteiger partial charge in [0.15, 0.2) is 15.7 Å². The molecule has 2 rings (SSSR count). The quantitative estimate of drug-likeness (QED) is 0.897. The van der Waals surface area contributed by atoms with E-state index in [1.54, 1.807) is 0 Å². The number of rotatable bonds is 4. The molecule has 0 spiro atoms. The van der Waals surface area contributed by atoms with Gasteiger partial charge in [0.2, 0.25) is 5.89 Å². The summed E-state index contributed by atoms with van der Waals surface area (Å²) < 4.78 is 27.4. The first-order valence-corrected chi connectivity index (χ1v) is 8.68. The van der Waals surface area contributed by atoms with Crippen molar-refractivity contribution in [1.29, 1.82) is 0 Å². The second-order valence-corrected chi connectivity index (χ2v) is 7.73. The van der Waals surface area contributed by atoms with Gasteiger partial charge in [-0.15, -0.1) is 0 Å². The van der Waals surface area contributed by atoms with Crippen molar-refractivity contribution >= 4 is 9.84 Å². The van der Waals surface area contributed by atoms with Crippen molar-refractivity contribution in [2.24, 2.45) is 11.7 Å². The first-order valence-electron chi connectivity index (χ1n) is 6.62. The van der Waals surface area contributed by atoms with Crippen LogP contribution in [0.25, 0.3) is 0 Å². The van der Waals surface area contributed by atoms with Gasteiger partial charge in [-0.25, -0.2) is 8.42 Å². The van der Waals surface area contributed by atoms with Crippen LogP contribution in [-0.2, 0) is 21.1 Å². The standard InChI is InChI=1S/C12H21N3O3S/c1-3-9-4-6-12(13,7-5-9)11-14-10(18-15-11)8-19(2,16)17/h9H,3-8,13H2,1-2H3. The lowest BCUT2D eigenvalue weighted by molar-refractivity contribution is 0.216. The summed E-state index contributed by atoms with van der Waals surface area (Å²) in [6.07, 6.45) is 6.07. The first kappa shape index (κ1) is 14.5. The Morgan fingerprint density at radius 3 is 2.58 bits per heavy atom. The fourth-order valence-corrected chi connectivity index (χ4v) is 3.13. The molecule has 0 unspecified atom stereocenters. The Bertz CT molecular complexity index is 530.